The largest absolute Gasteiger partial charge is 0.299 e. The van der Waals surface area contributed by atoms with Gasteiger partial charge in [-0.25, -0.2) is 0 Å². The molecule has 1 unspecified atom stereocenters. The summed E-state index contributed by atoms with van der Waals surface area (Å²) < 4.78 is 0. The van der Waals surface area contributed by atoms with E-state index in [0.717, 1.165) is 25.3 Å². The molecule has 0 aromatic rings. The van der Waals surface area contributed by atoms with Gasteiger partial charge in [-0.1, -0.05) is 39.1 Å². The van der Waals surface area contributed by atoms with Crippen molar-refractivity contribution in [1.29, 1.82) is 0 Å². The minimum absolute atomic E-state index is 0.119. The first-order valence-electron chi connectivity index (χ1n) is 5.56. The lowest BCUT2D eigenvalue weighted by Gasteiger charge is -2.20. The monoisotopic (exact) mass is 212 g/mol. The van der Waals surface area contributed by atoms with Gasteiger partial charge in [0.25, 0.3) is 0 Å². The molecule has 0 aromatic heterocycles. The number of allylic oxidation sites excluding steroid dienone is 1. The molecule has 0 saturated carbocycles. The summed E-state index contributed by atoms with van der Waals surface area (Å²) in [4.78, 5) is 11.8. The molecule has 1 nitrogen and oxygen atoms in total. The molecule has 0 aliphatic rings. The van der Waals surface area contributed by atoms with Crippen LogP contribution >= 0.6 is 0 Å². The van der Waals surface area contributed by atoms with E-state index in [2.05, 4.69) is 33.1 Å². The van der Waals surface area contributed by atoms with Crippen LogP contribution in [0, 0.1) is 5.92 Å². The second-order valence-electron chi connectivity index (χ2n) is 5.18. The van der Waals surface area contributed by atoms with Crippen molar-refractivity contribution in [1.82, 2.24) is 0 Å². The Bertz CT molecular complexity index is 191. The van der Waals surface area contributed by atoms with E-state index in [1.54, 1.807) is 0 Å². The molecule has 0 N–H and O–H groups in total. The minimum Gasteiger partial charge on any atom is -0.299 e. The Hall–Kier alpha value is -0.373. The number of carbonyl (C=O) groups excluding carboxylic acids is 1. The van der Waals surface area contributed by atoms with Crippen LogP contribution in [0.1, 0.15) is 26.2 Å². The van der Waals surface area contributed by atoms with Crippen molar-refractivity contribution in [2.24, 2.45) is 5.92 Å². The van der Waals surface area contributed by atoms with Gasteiger partial charge in [0.2, 0.25) is 0 Å². The van der Waals surface area contributed by atoms with E-state index in [4.69, 9.17) is 0 Å². The van der Waals surface area contributed by atoms with Crippen LogP contribution < -0.4 is 0 Å². The van der Waals surface area contributed by atoms with Crippen LogP contribution in [0.3, 0.4) is 0 Å². The smallest absolute Gasteiger partial charge is 0.139 e. The van der Waals surface area contributed by atoms with Crippen LogP contribution in [-0.2, 0) is 4.79 Å². The molecule has 0 aliphatic heterocycles. The van der Waals surface area contributed by atoms with Crippen LogP contribution in [0.25, 0.3) is 0 Å². The van der Waals surface area contributed by atoms with Gasteiger partial charge in [0.1, 0.15) is 5.78 Å². The third-order valence-electron chi connectivity index (χ3n) is 2.31. The second-order valence-corrected chi connectivity index (χ2v) is 10.7. The summed E-state index contributed by atoms with van der Waals surface area (Å²) in [6, 6.07) is 1.05. The number of carbonyl (C=O) groups is 1. The van der Waals surface area contributed by atoms with E-state index in [1.807, 2.05) is 6.08 Å². The molecule has 14 heavy (non-hydrogen) atoms. The average molecular weight is 212 g/mol. The first kappa shape index (κ1) is 13.6. The highest BCUT2D eigenvalue weighted by Crippen LogP contribution is 2.20. The summed E-state index contributed by atoms with van der Waals surface area (Å²) in [7, 11) is -1.14. The quantitative estimate of drug-likeness (QED) is 0.462. The van der Waals surface area contributed by atoms with Crippen molar-refractivity contribution < 1.29 is 4.79 Å². The van der Waals surface area contributed by atoms with Gasteiger partial charge >= 0.3 is 0 Å². The molecule has 0 fully saturated rings. The minimum atomic E-state index is -1.14. The lowest BCUT2D eigenvalue weighted by atomic mass is 10.0. The molecule has 82 valence electrons. The van der Waals surface area contributed by atoms with Crippen LogP contribution in [0.5, 0.6) is 0 Å². The zero-order valence-corrected chi connectivity index (χ0v) is 11.1. The number of Topliss-reactive ketones (excluding diaryl/α,β-unsaturated/α-hetero) is 1. The van der Waals surface area contributed by atoms with E-state index in [-0.39, 0.29) is 5.92 Å². The Morgan fingerprint density at radius 1 is 1.43 bits per heavy atom. The van der Waals surface area contributed by atoms with Gasteiger partial charge in [-0.05, 0) is 12.5 Å². The Kier molecular flexibility index (Phi) is 6.01. The molecule has 0 amide bonds. The Labute approximate surface area is 89.6 Å². The SMILES string of the molecule is C=CC(C[Si](C)(C)C)C(=O)CCCC. The van der Waals surface area contributed by atoms with Crippen molar-refractivity contribution >= 4 is 13.9 Å². The molecule has 0 rings (SSSR count). The molecule has 0 aliphatic carbocycles. The van der Waals surface area contributed by atoms with E-state index in [0.29, 0.717) is 5.78 Å². The Morgan fingerprint density at radius 3 is 2.36 bits per heavy atom. The number of unbranched alkanes of at least 4 members (excludes halogenated alkanes) is 1. The number of ketones is 1. The zero-order chi connectivity index (χ0) is 11.2. The van der Waals surface area contributed by atoms with Gasteiger partial charge in [-0.3, -0.25) is 4.79 Å². The van der Waals surface area contributed by atoms with E-state index in [1.165, 1.54) is 0 Å². The Balaban J connectivity index is 4.13. The maximum atomic E-state index is 11.8. The highest BCUT2D eigenvalue weighted by Gasteiger charge is 2.22. The molecule has 0 aromatic carbocycles. The summed E-state index contributed by atoms with van der Waals surface area (Å²) >= 11 is 0. The van der Waals surface area contributed by atoms with Gasteiger partial charge in [0.05, 0.1) is 0 Å². The van der Waals surface area contributed by atoms with Crippen LogP contribution in [0.15, 0.2) is 12.7 Å². The van der Waals surface area contributed by atoms with Crippen LogP contribution in [0.2, 0.25) is 25.7 Å². The molecule has 2 heteroatoms. The first-order chi connectivity index (χ1) is 6.40. The highest BCUT2D eigenvalue weighted by molar-refractivity contribution is 6.76. The van der Waals surface area contributed by atoms with Gasteiger partial charge in [0.15, 0.2) is 0 Å². The summed E-state index contributed by atoms with van der Waals surface area (Å²) in [5.41, 5.74) is 0. The maximum Gasteiger partial charge on any atom is 0.139 e. The fraction of sp³-hybridized carbons (Fsp3) is 0.750. The van der Waals surface area contributed by atoms with Gasteiger partial charge in [-0.15, -0.1) is 6.58 Å². The molecule has 0 radical (unpaired) electrons. The summed E-state index contributed by atoms with van der Waals surface area (Å²) in [6.45, 7) is 12.8. The Morgan fingerprint density at radius 2 is 2.00 bits per heavy atom. The number of hydrogen-bond acceptors (Lipinski definition) is 1. The van der Waals surface area contributed by atoms with Crippen LogP contribution in [0.4, 0.5) is 0 Å². The molecule has 0 bridgehead atoms. The third-order valence-corrected chi connectivity index (χ3v) is 3.97. The molecule has 0 spiro atoms. The summed E-state index contributed by atoms with van der Waals surface area (Å²) in [5.74, 6) is 0.512. The fourth-order valence-corrected chi connectivity index (χ4v) is 3.24. The van der Waals surface area contributed by atoms with Crippen molar-refractivity contribution in [3.05, 3.63) is 12.7 Å². The predicted molar refractivity (Wildman–Crippen MR) is 66.4 cm³/mol. The number of hydrogen-bond donors (Lipinski definition) is 0. The fourth-order valence-electron chi connectivity index (χ4n) is 1.52. The third kappa shape index (κ3) is 6.14. The van der Waals surface area contributed by atoms with Crippen molar-refractivity contribution in [3.8, 4) is 0 Å². The zero-order valence-electron chi connectivity index (χ0n) is 10.1. The highest BCUT2D eigenvalue weighted by atomic mass is 28.3. The van der Waals surface area contributed by atoms with E-state index in [9.17, 15) is 4.79 Å². The van der Waals surface area contributed by atoms with Gasteiger partial charge < -0.3 is 0 Å². The normalized spacial score (nSPS) is 13.7. The van der Waals surface area contributed by atoms with Crippen LogP contribution in [-0.4, -0.2) is 13.9 Å². The molecule has 0 heterocycles. The summed E-state index contributed by atoms with van der Waals surface area (Å²) in [6.07, 6.45) is 4.70. The lowest BCUT2D eigenvalue weighted by Crippen LogP contribution is -2.27. The molecular weight excluding hydrogens is 188 g/mol. The molecular formula is C12H24OSi. The molecule has 0 saturated heterocycles. The lowest BCUT2D eigenvalue weighted by molar-refractivity contribution is -0.121. The van der Waals surface area contributed by atoms with Gasteiger partial charge in [0, 0.05) is 20.4 Å². The van der Waals surface area contributed by atoms with Crippen molar-refractivity contribution in [3.63, 3.8) is 0 Å². The number of rotatable bonds is 7. The van der Waals surface area contributed by atoms with Gasteiger partial charge in [-0.2, -0.15) is 0 Å². The molecule has 1 atom stereocenters. The van der Waals surface area contributed by atoms with Crippen molar-refractivity contribution in [2.45, 2.75) is 51.9 Å². The average Bonchev–Trinajstić information content (AvgIpc) is 2.08. The topological polar surface area (TPSA) is 17.1 Å². The predicted octanol–water partition coefficient (Wildman–Crippen LogP) is 3.89. The van der Waals surface area contributed by atoms with E-state index < -0.39 is 8.07 Å². The second kappa shape index (κ2) is 6.17. The van der Waals surface area contributed by atoms with Crippen molar-refractivity contribution in [2.75, 3.05) is 0 Å². The standard InChI is InChI=1S/C12H24OSi/c1-6-8-9-12(13)11(7-2)10-14(3,4)5/h7,11H,2,6,8-10H2,1,3-5H3. The first-order valence-corrected chi connectivity index (χ1v) is 9.26. The maximum absolute atomic E-state index is 11.8. The van der Waals surface area contributed by atoms with E-state index >= 15 is 0 Å². The summed E-state index contributed by atoms with van der Waals surface area (Å²) in [5, 5.41) is 0.